The van der Waals surface area contributed by atoms with Crippen molar-refractivity contribution in [1.82, 2.24) is 5.32 Å². The van der Waals surface area contributed by atoms with Gasteiger partial charge < -0.3 is 14.8 Å². The van der Waals surface area contributed by atoms with Crippen molar-refractivity contribution in [3.05, 3.63) is 59.2 Å². The highest BCUT2D eigenvalue weighted by molar-refractivity contribution is 5.81. The average Bonchev–Trinajstić information content (AvgIpc) is 2.62. The summed E-state index contributed by atoms with van der Waals surface area (Å²) in [7, 11) is 0. The Balaban J connectivity index is 1.99. The first-order valence-electron chi connectivity index (χ1n) is 8.77. The highest BCUT2D eigenvalue weighted by Crippen LogP contribution is 2.20. The zero-order valence-corrected chi connectivity index (χ0v) is 15.5. The van der Waals surface area contributed by atoms with Gasteiger partial charge in [-0.3, -0.25) is 4.79 Å². The summed E-state index contributed by atoms with van der Waals surface area (Å²) in [5, 5.41) is 2.95. The van der Waals surface area contributed by atoms with Gasteiger partial charge in [-0.2, -0.15) is 0 Å². The third-order valence-electron chi connectivity index (χ3n) is 4.15. The molecule has 2 rings (SSSR count). The monoisotopic (exact) mass is 341 g/mol. The summed E-state index contributed by atoms with van der Waals surface area (Å²) in [4.78, 5) is 12.5. The van der Waals surface area contributed by atoms with E-state index in [0.29, 0.717) is 19.6 Å². The molecular weight excluding hydrogens is 314 g/mol. The summed E-state index contributed by atoms with van der Waals surface area (Å²) in [5.41, 5.74) is 3.31. The minimum Gasteiger partial charge on any atom is -0.494 e. The summed E-state index contributed by atoms with van der Waals surface area (Å²) < 4.78 is 11.5. The Morgan fingerprint density at radius 1 is 1.08 bits per heavy atom. The van der Waals surface area contributed by atoms with E-state index in [0.717, 1.165) is 22.6 Å². The minimum absolute atomic E-state index is 0.118. The summed E-state index contributed by atoms with van der Waals surface area (Å²) in [6.45, 7) is 8.99. The number of hydrogen-bond acceptors (Lipinski definition) is 3. The summed E-state index contributed by atoms with van der Waals surface area (Å²) in [6.07, 6.45) is 0.0904. The number of rotatable bonds is 8. The van der Waals surface area contributed by atoms with Gasteiger partial charge in [0, 0.05) is 12.1 Å². The van der Waals surface area contributed by atoms with Crippen molar-refractivity contribution in [2.75, 3.05) is 6.61 Å². The maximum Gasteiger partial charge on any atom is 0.261 e. The van der Waals surface area contributed by atoms with Gasteiger partial charge in [0.2, 0.25) is 0 Å². The Bertz CT molecular complexity index is 712. The Hall–Kier alpha value is -2.49. The molecule has 0 heterocycles. The first kappa shape index (κ1) is 18.8. The Labute approximate surface area is 150 Å². The number of aryl methyl sites for hydroxylation is 2. The zero-order valence-electron chi connectivity index (χ0n) is 15.5. The zero-order chi connectivity index (χ0) is 18.2. The number of ether oxygens (including phenoxy) is 2. The van der Waals surface area contributed by atoms with Crippen LogP contribution in [0.25, 0.3) is 0 Å². The quantitative estimate of drug-likeness (QED) is 0.784. The molecule has 0 aliphatic heterocycles. The second kappa shape index (κ2) is 9.11. The second-order valence-electron chi connectivity index (χ2n) is 6.02. The van der Waals surface area contributed by atoms with Crippen LogP contribution in [0.1, 0.15) is 37.0 Å². The second-order valence-corrected chi connectivity index (χ2v) is 6.02. The first-order valence-corrected chi connectivity index (χ1v) is 8.77. The predicted molar refractivity (Wildman–Crippen MR) is 100 cm³/mol. The third-order valence-corrected chi connectivity index (χ3v) is 4.15. The molecule has 0 aliphatic carbocycles. The van der Waals surface area contributed by atoms with Crippen LogP contribution in [0.5, 0.6) is 11.5 Å². The van der Waals surface area contributed by atoms with Gasteiger partial charge in [-0.1, -0.05) is 31.2 Å². The van der Waals surface area contributed by atoms with Crippen LogP contribution < -0.4 is 14.8 Å². The van der Waals surface area contributed by atoms with Crippen molar-refractivity contribution >= 4 is 5.91 Å². The molecule has 25 heavy (non-hydrogen) atoms. The standard InChI is InChI=1S/C21H27NO3/c1-5-19(25-18-12-11-15(3)16(4)13-18)21(23)22-14-17-9-7-8-10-20(17)24-6-2/h7-13,19H,5-6,14H2,1-4H3,(H,22,23)/t19-/m1/s1. The third kappa shape index (κ3) is 5.24. The van der Waals surface area contributed by atoms with E-state index in [1.165, 1.54) is 5.56 Å². The molecule has 0 fully saturated rings. The maximum atomic E-state index is 12.5. The highest BCUT2D eigenvalue weighted by atomic mass is 16.5. The van der Waals surface area contributed by atoms with Gasteiger partial charge in [0.1, 0.15) is 11.5 Å². The van der Waals surface area contributed by atoms with Crippen molar-refractivity contribution in [1.29, 1.82) is 0 Å². The van der Waals surface area contributed by atoms with Crippen molar-refractivity contribution in [2.45, 2.75) is 46.8 Å². The summed E-state index contributed by atoms with van der Waals surface area (Å²) in [6, 6.07) is 13.6. The van der Waals surface area contributed by atoms with Gasteiger partial charge in [0.15, 0.2) is 6.10 Å². The van der Waals surface area contributed by atoms with Crippen molar-refractivity contribution in [3.63, 3.8) is 0 Å². The normalized spacial score (nSPS) is 11.7. The van der Waals surface area contributed by atoms with E-state index in [1.807, 2.05) is 63.2 Å². The van der Waals surface area contributed by atoms with Crippen LogP contribution in [0.2, 0.25) is 0 Å². The van der Waals surface area contributed by atoms with Crippen molar-refractivity contribution in [2.24, 2.45) is 0 Å². The molecule has 1 atom stereocenters. The van der Waals surface area contributed by atoms with Crippen LogP contribution in [0, 0.1) is 13.8 Å². The van der Waals surface area contributed by atoms with Crippen molar-refractivity contribution < 1.29 is 14.3 Å². The highest BCUT2D eigenvalue weighted by Gasteiger charge is 2.18. The Kier molecular flexibility index (Phi) is 6.87. The number of amides is 1. The number of para-hydroxylation sites is 1. The van der Waals surface area contributed by atoms with Gasteiger partial charge in [0.05, 0.1) is 6.61 Å². The molecule has 2 aromatic rings. The molecule has 134 valence electrons. The van der Waals surface area contributed by atoms with E-state index in [9.17, 15) is 4.79 Å². The lowest BCUT2D eigenvalue weighted by Crippen LogP contribution is -2.37. The molecule has 4 nitrogen and oxygen atoms in total. The molecule has 0 aromatic heterocycles. The van der Waals surface area contributed by atoms with E-state index >= 15 is 0 Å². The molecule has 0 spiro atoms. The van der Waals surface area contributed by atoms with Crippen LogP contribution >= 0.6 is 0 Å². The van der Waals surface area contributed by atoms with Crippen LogP contribution in [-0.2, 0) is 11.3 Å². The van der Waals surface area contributed by atoms with E-state index in [2.05, 4.69) is 12.2 Å². The van der Waals surface area contributed by atoms with Gasteiger partial charge in [-0.25, -0.2) is 0 Å². The van der Waals surface area contributed by atoms with E-state index in [1.54, 1.807) is 0 Å². The molecule has 1 amide bonds. The van der Waals surface area contributed by atoms with Gasteiger partial charge in [-0.15, -0.1) is 0 Å². The van der Waals surface area contributed by atoms with Gasteiger partial charge in [-0.05, 0) is 56.5 Å². The fraction of sp³-hybridized carbons (Fsp3) is 0.381. The topological polar surface area (TPSA) is 47.6 Å². The average molecular weight is 341 g/mol. The van der Waals surface area contributed by atoms with Crippen molar-refractivity contribution in [3.8, 4) is 11.5 Å². The number of nitrogens with one attached hydrogen (secondary N) is 1. The fourth-order valence-electron chi connectivity index (χ4n) is 2.52. The lowest BCUT2D eigenvalue weighted by atomic mass is 10.1. The molecule has 0 saturated heterocycles. The number of hydrogen-bond donors (Lipinski definition) is 1. The first-order chi connectivity index (χ1) is 12.0. The Morgan fingerprint density at radius 3 is 2.52 bits per heavy atom. The predicted octanol–water partition coefficient (Wildman–Crippen LogP) is 4.18. The summed E-state index contributed by atoms with van der Waals surface area (Å²) >= 11 is 0. The molecule has 0 radical (unpaired) electrons. The van der Waals surface area contributed by atoms with Gasteiger partial charge in [0.25, 0.3) is 5.91 Å². The number of benzene rings is 2. The lowest BCUT2D eigenvalue weighted by molar-refractivity contribution is -0.128. The fourth-order valence-corrected chi connectivity index (χ4v) is 2.52. The maximum absolute atomic E-state index is 12.5. The number of carbonyl (C=O) groups excluding carboxylic acids is 1. The lowest BCUT2D eigenvalue weighted by Gasteiger charge is -2.18. The molecule has 0 unspecified atom stereocenters. The molecule has 0 bridgehead atoms. The molecule has 2 aromatic carbocycles. The van der Waals surface area contributed by atoms with Crippen LogP contribution in [0.4, 0.5) is 0 Å². The molecular formula is C21H27NO3. The largest absolute Gasteiger partial charge is 0.494 e. The molecule has 0 saturated carbocycles. The SMILES string of the molecule is CCOc1ccccc1CNC(=O)[C@@H](CC)Oc1ccc(C)c(C)c1. The molecule has 4 heteroatoms. The van der Waals surface area contributed by atoms with Crippen LogP contribution in [0.3, 0.4) is 0 Å². The summed E-state index contributed by atoms with van der Waals surface area (Å²) in [5.74, 6) is 1.40. The smallest absolute Gasteiger partial charge is 0.261 e. The minimum atomic E-state index is -0.513. The van der Waals surface area contributed by atoms with Gasteiger partial charge >= 0.3 is 0 Å². The van der Waals surface area contributed by atoms with E-state index in [4.69, 9.17) is 9.47 Å². The Morgan fingerprint density at radius 2 is 1.84 bits per heavy atom. The van der Waals surface area contributed by atoms with Crippen LogP contribution in [0.15, 0.2) is 42.5 Å². The number of carbonyl (C=O) groups is 1. The van der Waals surface area contributed by atoms with E-state index in [-0.39, 0.29) is 5.91 Å². The van der Waals surface area contributed by atoms with Crippen LogP contribution in [-0.4, -0.2) is 18.6 Å². The molecule has 0 aliphatic rings. The van der Waals surface area contributed by atoms with E-state index < -0.39 is 6.10 Å². The molecule has 1 N–H and O–H groups in total.